The molecule has 7 heteroatoms. The van der Waals surface area contributed by atoms with Crippen molar-refractivity contribution in [3.63, 3.8) is 0 Å². The van der Waals surface area contributed by atoms with Gasteiger partial charge in [-0.25, -0.2) is 0 Å². The van der Waals surface area contributed by atoms with E-state index in [1.54, 1.807) is 0 Å². The third-order valence-corrected chi connectivity index (χ3v) is 9.88. The highest BCUT2D eigenvalue weighted by atomic mass is 16.5. The van der Waals surface area contributed by atoms with Crippen molar-refractivity contribution in [1.29, 1.82) is 0 Å². The van der Waals surface area contributed by atoms with Crippen molar-refractivity contribution in [2.45, 2.75) is 113 Å². The number of dihydropyridines is 1. The van der Waals surface area contributed by atoms with E-state index < -0.39 is 5.97 Å². The average molecular weight is 633 g/mol. The van der Waals surface area contributed by atoms with Crippen LogP contribution in [0.4, 0.5) is 0 Å². The molecule has 4 unspecified atom stereocenters. The third-order valence-electron chi connectivity index (χ3n) is 9.88. The average Bonchev–Trinajstić information content (AvgIpc) is 3.55. The fraction of sp³-hybridized carbons (Fsp3) is 0.667. The first-order valence-electron chi connectivity index (χ1n) is 17.4. The summed E-state index contributed by atoms with van der Waals surface area (Å²) in [5.41, 5.74) is 6.39. The van der Waals surface area contributed by atoms with E-state index in [0.29, 0.717) is 37.0 Å². The smallest absolute Gasteiger partial charge is 0.313 e. The van der Waals surface area contributed by atoms with E-state index in [0.717, 1.165) is 55.4 Å². The molecule has 4 atom stereocenters. The van der Waals surface area contributed by atoms with Crippen molar-refractivity contribution in [2.75, 3.05) is 19.7 Å². The van der Waals surface area contributed by atoms with Gasteiger partial charge in [-0.05, 0) is 79.2 Å². The minimum absolute atomic E-state index is 0.0392. The Kier molecular flexibility index (Phi) is 11.8. The van der Waals surface area contributed by atoms with Crippen molar-refractivity contribution >= 4 is 29.2 Å². The van der Waals surface area contributed by atoms with Gasteiger partial charge >= 0.3 is 5.97 Å². The number of allylic oxidation sites excluding steroid dienone is 1. The van der Waals surface area contributed by atoms with Crippen LogP contribution >= 0.6 is 0 Å². The van der Waals surface area contributed by atoms with Crippen molar-refractivity contribution < 1.29 is 23.9 Å². The Morgan fingerprint density at radius 1 is 0.913 bits per heavy atom. The number of hydrogen-bond acceptors (Lipinski definition) is 6. The van der Waals surface area contributed by atoms with Crippen LogP contribution in [0.1, 0.15) is 117 Å². The van der Waals surface area contributed by atoms with Gasteiger partial charge in [0, 0.05) is 30.4 Å². The molecule has 0 radical (unpaired) electrons. The molecule has 0 aromatic heterocycles. The molecule has 2 bridgehead atoms. The van der Waals surface area contributed by atoms with Gasteiger partial charge < -0.3 is 10.1 Å². The van der Waals surface area contributed by atoms with Crippen molar-refractivity contribution in [3.05, 3.63) is 46.5 Å². The van der Waals surface area contributed by atoms with Gasteiger partial charge in [-0.1, -0.05) is 77.0 Å². The van der Waals surface area contributed by atoms with Gasteiger partial charge in [0.25, 0.3) is 0 Å². The number of nitrogens with zero attached hydrogens (tertiary/aromatic N) is 1. The highest BCUT2D eigenvalue weighted by Crippen LogP contribution is 2.58. The van der Waals surface area contributed by atoms with Crippen LogP contribution in [0.5, 0.6) is 0 Å². The maximum absolute atomic E-state index is 13.4. The Hall–Kier alpha value is -3.09. The molecule has 1 N–H and O–H groups in total. The van der Waals surface area contributed by atoms with Crippen molar-refractivity contribution in [1.82, 2.24) is 5.32 Å². The van der Waals surface area contributed by atoms with Crippen LogP contribution in [0.25, 0.3) is 0 Å². The molecule has 1 heterocycles. The number of nitrogens with one attached hydrogen (secondary N) is 1. The quantitative estimate of drug-likeness (QED) is 0.0951. The minimum atomic E-state index is -0.545. The van der Waals surface area contributed by atoms with E-state index in [1.807, 2.05) is 12.1 Å². The molecule has 3 aliphatic rings. The molecule has 0 saturated heterocycles. The molecule has 2 fully saturated rings. The number of carbonyl (C=O) groups excluding carboxylic acids is 4. The lowest BCUT2D eigenvalue weighted by Crippen LogP contribution is -2.36. The second kappa shape index (κ2) is 15.2. The highest BCUT2D eigenvalue weighted by Gasteiger charge is 2.54. The van der Waals surface area contributed by atoms with Crippen LogP contribution in [0.2, 0.25) is 0 Å². The highest BCUT2D eigenvalue weighted by molar-refractivity contribution is 6.06. The first-order valence-corrected chi connectivity index (χ1v) is 17.4. The maximum Gasteiger partial charge on any atom is 0.313 e. The van der Waals surface area contributed by atoms with Gasteiger partial charge in [0.05, 0.1) is 19.5 Å². The van der Waals surface area contributed by atoms with Gasteiger partial charge in [-0.15, -0.1) is 0 Å². The van der Waals surface area contributed by atoms with Crippen LogP contribution in [-0.2, 0) is 30.3 Å². The second-order valence-corrected chi connectivity index (χ2v) is 16.3. The van der Waals surface area contributed by atoms with E-state index in [1.165, 1.54) is 11.1 Å². The zero-order valence-electron chi connectivity index (χ0n) is 29.3. The minimum Gasteiger partial charge on any atom is -0.463 e. The van der Waals surface area contributed by atoms with Crippen LogP contribution in [0.3, 0.4) is 0 Å². The Balaban J connectivity index is 1.23. The molecule has 46 heavy (non-hydrogen) atoms. The predicted molar refractivity (Wildman–Crippen MR) is 183 cm³/mol. The number of aliphatic imine (C=N–C) groups is 1. The van der Waals surface area contributed by atoms with Gasteiger partial charge in [0.2, 0.25) is 5.91 Å². The Morgan fingerprint density at radius 3 is 2.22 bits per heavy atom. The van der Waals surface area contributed by atoms with Gasteiger partial charge in [0.1, 0.15) is 24.6 Å². The fourth-order valence-corrected chi connectivity index (χ4v) is 7.67. The number of benzene rings is 1. The lowest BCUT2D eigenvalue weighted by molar-refractivity contribution is -0.146. The monoisotopic (exact) mass is 632 g/mol. The van der Waals surface area contributed by atoms with Crippen LogP contribution in [0, 0.1) is 34.5 Å². The molecule has 252 valence electrons. The SMILES string of the molecule is CC1=C2C3CC(C(=O)CCCC(C)(C)C)C(C3)C2C(c2ccc(CC(=O)NCCOC(=O)CC(=O)CCCC(C)(C)C)cc2)=NC1. The normalized spacial score (nSPS) is 22.4. The number of Topliss-reactive ketones (excluding diaryl/α,β-unsaturated/α-hetero) is 2. The second-order valence-electron chi connectivity index (χ2n) is 16.3. The number of rotatable bonds is 15. The van der Waals surface area contributed by atoms with E-state index >= 15 is 0 Å². The molecule has 1 aromatic carbocycles. The largest absolute Gasteiger partial charge is 0.463 e. The summed E-state index contributed by atoms with van der Waals surface area (Å²) < 4.78 is 5.15. The molecule has 1 aromatic rings. The number of fused-ring (bicyclic) bond motifs is 5. The Morgan fingerprint density at radius 2 is 1.57 bits per heavy atom. The number of ketones is 2. The van der Waals surface area contributed by atoms with E-state index in [4.69, 9.17) is 9.73 Å². The summed E-state index contributed by atoms with van der Waals surface area (Å²) in [6.45, 7) is 16.3. The summed E-state index contributed by atoms with van der Waals surface area (Å²) in [4.78, 5) is 55.0. The molecule has 1 aliphatic heterocycles. The van der Waals surface area contributed by atoms with Gasteiger partial charge in [0.15, 0.2) is 0 Å². The summed E-state index contributed by atoms with van der Waals surface area (Å²) in [6, 6.07) is 8.09. The van der Waals surface area contributed by atoms with Crippen molar-refractivity contribution in [2.24, 2.45) is 39.5 Å². The van der Waals surface area contributed by atoms with E-state index in [-0.39, 0.29) is 60.3 Å². The summed E-state index contributed by atoms with van der Waals surface area (Å²) in [5.74, 6) is 0.824. The summed E-state index contributed by atoms with van der Waals surface area (Å²) in [7, 11) is 0. The summed E-state index contributed by atoms with van der Waals surface area (Å²) in [5, 5.41) is 2.80. The summed E-state index contributed by atoms with van der Waals surface area (Å²) >= 11 is 0. The summed E-state index contributed by atoms with van der Waals surface area (Å²) in [6.07, 6.45) is 6.87. The first kappa shape index (κ1) is 35.8. The zero-order chi connectivity index (χ0) is 33.6. The van der Waals surface area contributed by atoms with Crippen LogP contribution < -0.4 is 5.32 Å². The Bertz CT molecular complexity index is 1340. The van der Waals surface area contributed by atoms with Gasteiger partial charge in [-0.2, -0.15) is 0 Å². The zero-order valence-corrected chi connectivity index (χ0v) is 29.3. The van der Waals surface area contributed by atoms with E-state index in [2.05, 4.69) is 65.9 Å². The Labute approximate surface area is 276 Å². The molecular weight excluding hydrogens is 576 g/mol. The number of esters is 1. The first-order chi connectivity index (χ1) is 21.6. The van der Waals surface area contributed by atoms with E-state index in [9.17, 15) is 19.2 Å². The third kappa shape index (κ3) is 9.95. The lowest BCUT2D eigenvalue weighted by atomic mass is 9.69. The fourth-order valence-electron chi connectivity index (χ4n) is 7.67. The number of ether oxygens (including phenoxy) is 1. The van der Waals surface area contributed by atoms with Crippen molar-refractivity contribution in [3.8, 4) is 0 Å². The lowest BCUT2D eigenvalue weighted by Gasteiger charge is -2.35. The molecule has 0 spiro atoms. The molecule has 2 aliphatic carbocycles. The molecule has 7 nitrogen and oxygen atoms in total. The van der Waals surface area contributed by atoms with Gasteiger partial charge in [-0.3, -0.25) is 24.2 Å². The number of amides is 1. The number of carbonyl (C=O) groups is 4. The maximum atomic E-state index is 13.4. The topological polar surface area (TPSA) is 102 Å². The standard InChI is InChI=1S/C39H56N2O5/c1-25-24-41-37(36-31-22-28(35(25)36)21-30(31)32(43)11-9-17-39(5,6)7)27-14-12-26(13-15-27)20-33(44)40-18-19-46-34(45)23-29(42)10-8-16-38(2,3)4/h12-15,28,30-31,36H,8-11,16-24H2,1-7H3,(H,40,44). The molecule has 4 rings (SSSR count). The molecular formula is C39H56N2O5. The number of hydrogen-bond donors (Lipinski definition) is 1. The molecule has 2 saturated carbocycles. The van der Waals surface area contributed by atoms with Crippen LogP contribution in [-0.4, -0.2) is 48.9 Å². The molecule has 1 amide bonds. The predicted octanol–water partition coefficient (Wildman–Crippen LogP) is 7.24. The van der Waals surface area contributed by atoms with Crippen LogP contribution in [0.15, 0.2) is 40.4 Å².